The van der Waals surface area contributed by atoms with E-state index < -0.39 is 0 Å². The number of aromatic nitrogens is 2. The SMILES string of the molecule is Cc1cnn(CC(C)NC(=O)N2CC3(CC=CC3)C2C(C)C)c1. The molecule has 2 atom stereocenters. The largest absolute Gasteiger partial charge is 0.334 e. The fourth-order valence-corrected chi connectivity index (χ4v) is 4.29. The number of carbonyl (C=O) groups excluding carboxylic acids is 1. The summed E-state index contributed by atoms with van der Waals surface area (Å²) in [5, 5.41) is 7.42. The molecule has 5 nitrogen and oxygen atoms in total. The molecular formula is C18H28N4O. The van der Waals surface area contributed by atoms with Crippen LogP contribution in [0.15, 0.2) is 24.5 Å². The van der Waals surface area contributed by atoms with Crippen LogP contribution in [0, 0.1) is 18.3 Å². The van der Waals surface area contributed by atoms with Crippen LogP contribution in [0.3, 0.4) is 0 Å². The summed E-state index contributed by atoms with van der Waals surface area (Å²) in [6.45, 7) is 10.1. The molecule has 0 saturated carbocycles. The second-order valence-corrected chi connectivity index (χ2v) is 7.65. The molecule has 2 amide bonds. The van der Waals surface area contributed by atoms with Crippen LogP contribution in [0.2, 0.25) is 0 Å². The third kappa shape index (κ3) is 3.01. The number of nitrogens with zero attached hydrogens (tertiary/aromatic N) is 3. The molecule has 2 aliphatic rings. The zero-order chi connectivity index (χ0) is 16.6. The highest BCUT2D eigenvalue weighted by Crippen LogP contribution is 2.50. The van der Waals surface area contributed by atoms with Crippen molar-refractivity contribution in [1.29, 1.82) is 0 Å². The van der Waals surface area contributed by atoms with Crippen LogP contribution in [-0.2, 0) is 6.54 Å². The highest BCUT2D eigenvalue weighted by atomic mass is 16.2. The Kier molecular flexibility index (Phi) is 4.21. The fourth-order valence-electron chi connectivity index (χ4n) is 4.29. The van der Waals surface area contributed by atoms with Gasteiger partial charge in [0.25, 0.3) is 0 Å². The predicted octanol–water partition coefficient (Wildman–Crippen LogP) is 2.97. The van der Waals surface area contributed by atoms with E-state index in [-0.39, 0.29) is 12.1 Å². The van der Waals surface area contributed by atoms with Gasteiger partial charge in [-0.25, -0.2) is 4.79 Å². The minimum atomic E-state index is 0.0628. The number of aryl methyl sites for hydroxylation is 1. The van der Waals surface area contributed by atoms with Crippen molar-refractivity contribution in [3.8, 4) is 0 Å². The van der Waals surface area contributed by atoms with Gasteiger partial charge in [-0.15, -0.1) is 0 Å². The molecule has 0 bridgehead atoms. The molecule has 1 N–H and O–H groups in total. The molecule has 126 valence electrons. The molecule has 2 heterocycles. The summed E-state index contributed by atoms with van der Waals surface area (Å²) in [5.41, 5.74) is 1.44. The van der Waals surface area contributed by atoms with Gasteiger partial charge in [-0.3, -0.25) is 4.68 Å². The monoisotopic (exact) mass is 316 g/mol. The van der Waals surface area contributed by atoms with Gasteiger partial charge in [0.15, 0.2) is 0 Å². The first kappa shape index (κ1) is 16.1. The Bertz CT molecular complexity index is 596. The standard InChI is InChI=1S/C18H28N4O/c1-13(2)16-18(7-5-6-8-18)12-22(16)17(23)20-15(4)11-21-10-14(3)9-19-21/h5-6,9-10,13,15-16H,7-8,11-12H2,1-4H3,(H,20,23). The Labute approximate surface area is 138 Å². The molecule has 1 fully saturated rings. The van der Waals surface area contributed by atoms with Crippen LogP contribution in [-0.4, -0.2) is 39.3 Å². The normalized spacial score (nSPS) is 23.3. The molecule has 1 aliphatic carbocycles. The van der Waals surface area contributed by atoms with Crippen LogP contribution >= 0.6 is 0 Å². The first-order valence-electron chi connectivity index (χ1n) is 8.62. The van der Waals surface area contributed by atoms with Crippen LogP contribution in [0.1, 0.15) is 39.2 Å². The Morgan fingerprint density at radius 3 is 2.65 bits per heavy atom. The van der Waals surface area contributed by atoms with Gasteiger partial charge in [0.2, 0.25) is 0 Å². The minimum Gasteiger partial charge on any atom is -0.334 e. The molecule has 1 spiro atoms. The smallest absolute Gasteiger partial charge is 0.317 e. The van der Waals surface area contributed by atoms with Crippen molar-refractivity contribution in [2.45, 2.75) is 59.2 Å². The van der Waals surface area contributed by atoms with E-state index in [1.165, 1.54) is 0 Å². The summed E-state index contributed by atoms with van der Waals surface area (Å²) in [5.74, 6) is 0.485. The number of rotatable bonds is 4. The first-order chi connectivity index (χ1) is 10.9. The Morgan fingerprint density at radius 1 is 1.39 bits per heavy atom. The summed E-state index contributed by atoms with van der Waals surface area (Å²) in [7, 11) is 0. The van der Waals surface area contributed by atoms with E-state index in [0.717, 1.165) is 24.9 Å². The van der Waals surface area contributed by atoms with E-state index in [1.54, 1.807) is 0 Å². The van der Waals surface area contributed by atoms with Crippen molar-refractivity contribution in [3.63, 3.8) is 0 Å². The Balaban J connectivity index is 1.57. The molecule has 1 saturated heterocycles. The van der Waals surface area contributed by atoms with Crippen molar-refractivity contribution < 1.29 is 4.79 Å². The van der Waals surface area contributed by atoms with Crippen LogP contribution < -0.4 is 5.32 Å². The lowest BCUT2D eigenvalue weighted by atomic mass is 9.65. The summed E-state index contributed by atoms with van der Waals surface area (Å²) >= 11 is 0. The molecule has 1 aliphatic heterocycles. The topological polar surface area (TPSA) is 50.2 Å². The molecule has 1 aromatic rings. The summed E-state index contributed by atoms with van der Waals surface area (Å²) in [6.07, 6.45) is 10.6. The number of nitrogens with one attached hydrogen (secondary N) is 1. The molecule has 2 unspecified atom stereocenters. The zero-order valence-electron chi connectivity index (χ0n) is 14.6. The average molecular weight is 316 g/mol. The molecule has 5 heteroatoms. The van der Waals surface area contributed by atoms with Crippen LogP contribution in [0.25, 0.3) is 0 Å². The molecule has 0 aromatic carbocycles. The van der Waals surface area contributed by atoms with Gasteiger partial charge >= 0.3 is 6.03 Å². The number of hydrogen-bond acceptors (Lipinski definition) is 2. The van der Waals surface area contributed by atoms with Crippen molar-refractivity contribution in [2.75, 3.05) is 6.54 Å². The minimum absolute atomic E-state index is 0.0628. The van der Waals surface area contributed by atoms with Gasteiger partial charge in [-0.2, -0.15) is 5.10 Å². The van der Waals surface area contributed by atoms with Gasteiger partial charge in [0.05, 0.1) is 12.7 Å². The first-order valence-corrected chi connectivity index (χ1v) is 8.62. The summed E-state index contributed by atoms with van der Waals surface area (Å²) < 4.78 is 1.89. The molecular weight excluding hydrogens is 288 g/mol. The average Bonchev–Trinajstić information content (AvgIpc) is 3.05. The van der Waals surface area contributed by atoms with E-state index in [4.69, 9.17) is 0 Å². The van der Waals surface area contributed by atoms with Crippen LogP contribution in [0.4, 0.5) is 4.79 Å². The highest BCUT2D eigenvalue weighted by molar-refractivity contribution is 5.76. The number of carbonyl (C=O) groups is 1. The molecule has 1 aromatic heterocycles. The van der Waals surface area contributed by atoms with E-state index in [1.807, 2.05) is 35.8 Å². The maximum atomic E-state index is 12.7. The third-order valence-corrected chi connectivity index (χ3v) is 5.15. The van der Waals surface area contributed by atoms with Crippen molar-refractivity contribution in [1.82, 2.24) is 20.0 Å². The maximum Gasteiger partial charge on any atom is 0.317 e. The summed E-state index contributed by atoms with van der Waals surface area (Å²) in [4.78, 5) is 14.7. The van der Waals surface area contributed by atoms with Crippen molar-refractivity contribution in [2.24, 2.45) is 11.3 Å². The molecule has 23 heavy (non-hydrogen) atoms. The van der Waals surface area contributed by atoms with Gasteiger partial charge in [0, 0.05) is 30.2 Å². The second-order valence-electron chi connectivity index (χ2n) is 7.65. The van der Waals surface area contributed by atoms with Gasteiger partial charge in [0.1, 0.15) is 0 Å². The van der Waals surface area contributed by atoms with Gasteiger partial charge < -0.3 is 10.2 Å². The lowest BCUT2D eigenvalue weighted by molar-refractivity contribution is -0.0582. The van der Waals surface area contributed by atoms with Crippen LogP contribution in [0.5, 0.6) is 0 Å². The molecule has 0 radical (unpaired) electrons. The fraction of sp³-hybridized carbons (Fsp3) is 0.667. The Morgan fingerprint density at radius 2 is 2.09 bits per heavy atom. The van der Waals surface area contributed by atoms with E-state index in [0.29, 0.717) is 23.9 Å². The lowest BCUT2D eigenvalue weighted by Crippen LogP contribution is -2.69. The number of amides is 2. The van der Waals surface area contributed by atoms with Crippen molar-refractivity contribution in [3.05, 3.63) is 30.1 Å². The quantitative estimate of drug-likeness (QED) is 0.868. The van der Waals surface area contributed by atoms with E-state index >= 15 is 0 Å². The Hall–Kier alpha value is -1.78. The van der Waals surface area contributed by atoms with Crippen molar-refractivity contribution >= 4 is 6.03 Å². The lowest BCUT2D eigenvalue weighted by Gasteiger charge is -2.58. The zero-order valence-corrected chi connectivity index (χ0v) is 14.6. The van der Waals surface area contributed by atoms with E-state index in [2.05, 4.69) is 36.4 Å². The summed E-state index contributed by atoms with van der Waals surface area (Å²) in [6, 6.07) is 0.474. The number of hydrogen-bond donors (Lipinski definition) is 1. The number of urea groups is 1. The highest BCUT2D eigenvalue weighted by Gasteiger charge is 2.55. The predicted molar refractivity (Wildman–Crippen MR) is 91.1 cm³/mol. The molecule has 3 rings (SSSR count). The second kappa shape index (κ2) is 6.02. The third-order valence-electron chi connectivity index (χ3n) is 5.15. The number of likely N-dealkylation sites (tertiary alicyclic amines) is 1. The van der Waals surface area contributed by atoms with Gasteiger partial charge in [-0.1, -0.05) is 26.0 Å². The number of allylic oxidation sites excluding steroid dienone is 2. The maximum absolute atomic E-state index is 12.7. The van der Waals surface area contributed by atoms with Gasteiger partial charge in [-0.05, 0) is 38.2 Å². The van der Waals surface area contributed by atoms with E-state index in [9.17, 15) is 4.79 Å².